The minimum absolute atomic E-state index is 0.00854. The first-order valence-corrected chi connectivity index (χ1v) is 7.14. The molecule has 3 N–H and O–H groups in total. The number of fused-ring (bicyclic) bond motifs is 1. The SMILES string of the molecule is COCC(=O)NCCCNC(=O)c1nc2ccccc2c(=O)[nH]1. The molecule has 0 aliphatic carbocycles. The lowest BCUT2D eigenvalue weighted by atomic mass is 10.2. The van der Waals surface area contributed by atoms with Gasteiger partial charge in [-0.25, -0.2) is 4.98 Å². The van der Waals surface area contributed by atoms with Crippen molar-refractivity contribution in [1.82, 2.24) is 20.6 Å². The number of aromatic nitrogens is 2. The summed E-state index contributed by atoms with van der Waals surface area (Å²) in [7, 11) is 1.44. The molecule has 8 nitrogen and oxygen atoms in total. The van der Waals surface area contributed by atoms with Crippen LogP contribution in [0.4, 0.5) is 0 Å². The van der Waals surface area contributed by atoms with Crippen LogP contribution < -0.4 is 16.2 Å². The summed E-state index contributed by atoms with van der Waals surface area (Å²) in [5, 5.41) is 5.72. The average Bonchev–Trinajstić information content (AvgIpc) is 2.54. The molecule has 1 aromatic heterocycles. The molecule has 23 heavy (non-hydrogen) atoms. The first-order valence-electron chi connectivity index (χ1n) is 7.14. The number of ether oxygens (including phenoxy) is 1. The van der Waals surface area contributed by atoms with Crippen LogP contribution in [-0.4, -0.2) is 48.6 Å². The van der Waals surface area contributed by atoms with Crippen LogP contribution >= 0.6 is 0 Å². The van der Waals surface area contributed by atoms with Gasteiger partial charge in [-0.05, 0) is 18.6 Å². The number of nitrogens with one attached hydrogen (secondary N) is 3. The van der Waals surface area contributed by atoms with Gasteiger partial charge in [0.25, 0.3) is 11.5 Å². The second-order valence-corrected chi connectivity index (χ2v) is 4.82. The minimum atomic E-state index is -0.462. The van der Waals surface area contributed by atoms with Gasteiger partial charge in [0.15, 0.2) is 5.82 Å². The van der Waals surface area contributed by atoms with E-state index in [1.54, 1.807) is 24.3 Å². The fraction of sp³-hybridized carbons (Fsp3) is 0.333. The highest BCUT2D eigenvalue weighted by molar-refractivity contribution is 5.92. The number of rotatable bonds is 7. The van der Waals surface area contributed by atoms with Crippen LogP contribution in [0.25, 0.3) is 10.9 Å². The predicted molar refractivity (Wildman–Crippen MR) is 84.2 cm³/mol. The summed E-state index contributed by atoms with van der Waals surface area (Å²) in [6.45, 7) is 0.779. The summed E-state index contributed by atoms with van der Waals surface area (Å²) in [6.07, 6.45) is 0.555. The molecule has 0 saturated carbocycles. The van der Waals surface area contributed by atoms with Crippen molar-refractivity contribution in [2.24, 2.45) is 0 Å². The number of para-hydroxylation sites is 1. The molecule has 8 heteroatoms. The first kappa shape index (κ1) is 16.6. The molecular formula is C15H18N4O4. The largest absolute Gasteiger partial charge is 0.375 e. The molecule has 1 heterocycles. The van der Waals surface area contributed by atoms with E-state index in [0.29, 0.717) is 30.4 Å². The van der Waals surface area contributed by atoms with E-state index >= 15 is 0 Å². The Kier molecular flexibility index (Phi) is 5.81. The number of amides is 2. The fourth-order valence-corrected chi connectivity index (χ4v) is 1.98. The molecule has 0 aliphatic heterocycles. The van der Waals surface area contributed by atoms with E-state index in [2.05, 4.69) is 25.3 Å². The number of nitrogens with zero attached hydrogens (tertiary/aromatic N) is 1. The quantitative estimate of drug-likeness (QED) is 0.612. The van der Waals surface area contributed by atoms with Crippen LogP contribution in [0.1, 0.15) is 17.0 Å². The maximum atomic E-state index is 12.0. The third-order valence-corrected chi connectivity index (χ3v) is 3.06. The second-order valence-electron chi connectivity index (χ2n) is 4.82. The highest BCUT2D eigenvalue weighted by atomic mass is 16.5. The molecule has 0 saturated heterocycles. The van der Waals surface area contributed by atoms with Gasteiger partial charge in [0.1, 0.15) is 6.61 Å². The standard InChI is InChI=1S/C15H18N4O4/c1-23-9-12(20)16-7-4-8-17-15(22)13-18-11-6-3-2-5-10(11)14(21)19-13/h2-3,5-6H,4,7-9H2,1H3,(H,16,20)(H,17,22)(H,18,19,21). The topological polar surface area (TPSA) is 113 Å². The number of hydrogen-bond acceptors (Lipinski definition) is 5. The van der Waals surface area contributed by atoms with Crippen molar-refractivity contribution in [2.75, 3.05) is 26.8 Å². The zero-order chi connectivity index (χ0) is 16.7. The second kappa shape index (κ2) is 8.04. The molecule has 2 rings (SSSR count). The molecule has 2 aromatic rings. The van der Waals surface area contributed by atoms with Crippen molar-refractivity contribution >= 4 is 22.7 Å². The lowest BCUT2D eigenvalue weighted by Gasteiger charge is -2.06. The monoisotopic (exact) mass is 318 g/mol. The molecule has 0 radical (unpaired) electrons. The molecule has 1 aromatic carbocycles. The number of methoxy groups -OCH3 is 1. The van der Waals surface area contributed by atoms with E-state index in [9.17, 15) is 14.4 Å². The number of aromatic amines is 1. The van der Waals surface area contributed by atoms with Gasteiger partial charge >= 0.3 is 0 Å². The molecule has 0 atom stereocenters. The Hall–Kier alpha value is -2.74. The Morgan fingerprint density at radius 1 is 1.22 bits per heavy atom. The van der Waals surface area contributed by atoms with Crippen molar-refractivity contribution in [2.45, 2.75) is 6.42 Å². The Balaban J connectivity index is 1.87. The van der Waals surface area contributed by atoms with Crippen LogP contribution in [0.5, 0.6) is 0 Å². The molecule has 0 unspecified atom stereocenters. The van der Waals surface area contributed by atoms with E-state index in [-0.39, 0.29) is 23.9 Å². The van der Waals surface area contributed by atoms with Crippen LogP contribution in [0.2, 0.25) is 0 Å². The van der Waals surface area contributed by atoms with E-state index < -0.39 is 5.91 Å². The summed E-state index contributed by atoms with van der Waals surface area (Å²) in [4.78, 5) is 41.6. The van der Waals surface area contributed by atoms with Crippen molar-refractivity contribution < 1.29 is 14.3 Å². The van der Waals surface area contributed by atoms with Gasteiger partial charge in [-0.1, -0.05) is 12.1 Å². The fourth-order valence-electron chi connectivity index (χ4n) is 1.98. The zero-order valence-corrected chi connectivity index (χ0v) is 12.7. The van der Waals surface area contributed by atoms with Crippen molar-refractivity contribution in [1.29, 1.82) is 0 Å². The Morgan fingerprint density at radius 3 is 2.74 bits per heavy atom. The number of carbonyl (C=O) groups is 2. The number of H-pyrrole nitrogens is 1. The average molecular weight is 318 g/mol. The van der Waals surface area contributed by atoms with E-state index in [1.165, 1.54) is 7.11 Å². The van der Waals surface area contributed by atoms with Crippen molar-refractivity contribution in [3.63, 3.8) is 0 Å². The van der Waals surface area contributed by atoms with Gasteiger partial charge in [-0.3, -0.25) is 14.4 Å². The number of hydrogen-bond donors (Lipinski definition) is 3. The highest BCUT2D eigenvalue weighted by Gasteiger charge is 2.10. The van der Waals surface area contributed by atoms with Gasteiger partial charge < -0.3 is 20.4 Å². The van der Waals surface area contributed by atoms with Crippen LogP contribution in [0, 0.1) is 0 Å². The lowest BCUT2D eigenvalue weighted by molar-refractivity contribution is -0.124. The van der Waals surface area contributed by atoms with Gasteiger partial charge in [0, 0.05) is 20.2 Å². The Bertz CT molecular complexity index is 756. The van der Waals surface area contributed by atoms with Gasteiger partial charge in [0.2, 0.25) is 5.91 Å². The molecule has 0 spiro atoms. The van der Waals surface area contributed by atoms with Gasteiger partial charge in [-0.2, -0.15) is 0 Å². The van der Waals surface area contributed by atoms with Crippen molar-refractivity contribution in [3.8, 4) is 0 Å². The lowest BCUT2D eigenvalue weighted by Crippen LogP contribution is -2.32. The summed E-state index contributed by atoms with van der Waals surface area (Å²) >= 11 is 0. The van der Waals surface area contributed by atoms with E-state index in [0.717, 1.165) is 0 Å². The maximum Gasteiger partial charge on any atom is 0.287 e. The van der Waals surface area contributed by atoms with Gasteiger partial charge in [-0.15, -0.1) is 0 Å². The molecule has 2 amide bonds. The third kappa shape index (κ3) is 4.62. The minimum Gasteiger partial charge on any atom is -0.375 e. The van der Waals surface area contributed by atoms with Crippen LogP contribution in [0.15, 0.2) is 29.1 Å². The summed E-state index contributed by atoms with van der Waals surface area (Å²) in [5.74, 6) is -0.701. The van der Waals surface area contributed by atoms with E-state index in [1.807, 2.05) is 0 Å². The van der Waals surface area contributed by atoms with Crippen LogP contribution in [-0.2, 0) is 9.53 Å². The van der Waals surface area contributed by atoms with Gasteiger partial charge in [0.05, 0.1) is 10.9 Å². The molecule has 0 fully saturated rings. The predicted octanol–water partition coefficient (Wildman–Crippen LogP) is -0.194. The molecule has 0 aliphatic rings. The smallest absolute Gasteiger partial charge is 0.287 e. The first-order chi connectivity index (χ1) is 11.1. The summed E-state index contributed by atoms with van der Waals surface area (Å²) in [6, 6.07) is 6.80. The van der Waals surface area contributed by atoms with Crippen molar-refractivity contribution in [3.05, 3.63) is 40.4 Å². The van der Waals surface area contributed by atoms with E-state index in [4.69, 9.17) is 0 Å². The summed E-state index contributed by atoms with van der Waals surface area (Å²) < 4.78 is 4.68. The molecule has 122 valence electrons. The zero-order valence-electron chi connectivity index (χ0n) is 12.7. The molecule has 0 bridgehead atoms. The third-order valence-electron chi connectivity index (χ3n) is 3.06. The van der Waals surface area contributed by atoms with Crippen LogP contribution in [0.3, 0.4) is 0 Å². The highest BCUT2D eigenvalue weighted by Crippen LogP contribution is 2.05. The maximum absolute atomic E-state index is 12.0. The Labute approximate surface area is 132 Å². The Morgan fingerprint density at radius 2 is 1.96 bits per heavy atom. The summed E-state index contributed by atoms with van der Waals surface area (Å²) in [5.41, 5.74) is 0.112. The normalized spacial score (nSPS) is 10.5. The number of carbonyl (C=O) groups excluding carboxylic acids is 2. The number of benzene rings is 1. The molecular weight excluding hydrogens is 300 g/mol.